The number of nitrogens with two attached hydrogens (primary N) is 2. The number of pyridine rings is 1. The minimum atomic E-state index is -1.62. The lowest BCUT2D eigenvalue weighted by atomic mass is 9.91. The zero-order chi connectivity index (χ0) is 22.1. The summed E-state index contributed by atoms with van der Waals surface area (Å²) in [6.45, 7) is 2.24. The Morgan fingerprint density at radius 1 is 1.42 bits per heavy atom. The van der Waals surface area contributed by atoms with Gasteiger partial charge in [-0.05, 0) is 25.3 Å². The Kier molecular flexibility index (Phi) is 4.42. The molecule has 31 heavy (non-hydrogen) atoms. The van der Waals surface area contributed by atoms with Crippen LogP contribution in [0.15, 0.2) is 10.9 Å². The molecule has 0 spiro atoms. The highest BCUT2D eigenvalue weighted by Gasteiger charge is 2.51. The maximum Gasteiger partial charge on any atom is 0.344 e. The summed E-state index contributed by atoms with van der Waals surface area (Å²) in [4.78, 5) is 26.6. The van der Waals surface area contributed by atoms with Gasteiger partial charge in [-0.2, -0.15) is 4.39 Å². The second kappa shape index (κ2) is 6.83. The van der Waals surface area contributed by atoms with Gasteiger partial charge in [0.25, 0.3) is 0 Å². The number of anilines is 2. The van der Waals surface area contributed by atoms with E-state index in [1.807, 2.05) is 0 Å². The number of carboxylic acid groups (broad SMARTS) is 1. The molecule has 10 heteroatoms. The number of hydrogen-bond acceptors (Lipinski definition) is 7. The largest absolute Gasteiger partial charge is 0.492 e. The first-order chi connectivity index (χ1) is 14.8. The number of benzene rings is 1. The first kappa shape index (κ1) is 20.1. The van der Waals surface area contributed by atoms with E-state index in [0.29, 0.717) is 50.5 Å². The van der Waals surface area contributed by atoms with Crippen molar-refractivity contribution < 1.29 is 23.8 Å². The molecule has 1 saturated carbocycles. The fraction of sp³-hybridized carbons (Fsp3) is 0.524. The number of nitrogen functional groups attached to an aromatic ring is 1. The van der Waals surface area contributed by atoms with Crippen LogP contribution in [0.4, 0.5) is 15.8 Å². The highest BCUT2D eigenvalue weighted by molar-refractivity contribution is 6.03. The number of ether oxygens (including phenoxy) is 2. The molecule has 5 N–H and O–H groups in total. The van der Waals surface area contributed by atoms with E-state index in [9.17, 15) is 14.7 Å². The van der Waals surface area contributed by atoms with Gasteiger partial charge < -0.3 is 35.5 Å². The summed E-state index contributed by atoms with van der Waals surface area (Å²) in [5, 5.41) is 9.43. The van der Waals surface area contributed by atoms with Crippen molar-refractivity contribution in [3.63, 3.8) is 0 Å². The summed E-state index contributed by atoms with van der Waals surface area (Å²) in [6.07, 6.45) is 2.25. The molecule has 3 fully saturated rings. The van der Waals surface area contributed by atoms with E-state index in [0.717, 1.165) is 6.42 Å². The molecular weight excluding hydrogens is 407 g/mol. The molecule has 3 aliphatic rings. The quantitative estimate of drug-likeness (QED) is 0.476. The van der Waals surface area contributed by atoms with Gasteiger partial charge in [0.05, 0.1) is 18.2 Å². The summed E-state index contributed by atoms with van der Waals surface area (Å²) in [7, 11) is 1.45. The first-order valence-corrected chi connectivity index (χ1v) is 10.4. The molecule has 0 amide bonds. The van der Waals surface area contributed by atoms with E-state index in [1.165, 1.54) is 11.7 Å². The third kappa shape index (κ3) is 2.74. The van der Waals surface area contributed by atoms with Crippen molar-refractivity contribution in [2.75, 3.05) is 44.0 Å². The minimum absolute atomic E-state index is 0.0320. The second-order valence-electron chi connectivity index (χ2n) is 8.63. The average molecular weight is 432 g/mol. The summed E-state index contributed by atoms with van der Waals surface area (Å²) in [5.41, 5.74) is 10.9. The summed E-state index contributed by atoms with van der Waals surface area (Å²) >= 11 is 0. The number of rotatable bonds is 5. The minimum Gasteiger partial charge on any atom is -0.492 e. The molecule has 0 radical (unpaired) electrons. The molecule has 2 unspecified atom stereocenters. The van der Waals surface area contributed by atoms with Crippen LogP contribution in [0, 0.1) is 11.9 Å². The number of halogens is 1. The predicted molar refractivity (Wildman–Crippen MR) is 112 cm³/mol. The lowest BCUT2D eigenvalue weighted by molar-refractivity contribution is 0.0126. The molecule has 166 valence electrons. The van der Waals surface area contributed by atoms with Gasteiger partial charge in [-0.3, -0.25) is 4.79 Å². The molecule has 0 bridgehead atoms. The van der Waals surface area contributed by atoms with E-state index in [-0.39, 0.29) is 28.6 Å². The number of carbonyl (C=O) groups is 1. The van der Waals surface area contributed by atoms with Gasteiger partial charge in [-0.25, -0.2) is 4.79 Å². The third-order valence-corrected chi connectivity index (χ3v) is 6.89. The fourth-order valence-corrected chi connectivity index (χ4v) is 5.20. The zero-order valence-electron chi connectivity index (χ0n) is 17.2. The lowest BCUT2D eigenvalue weighted by Gasteiger charge is -2.28. The van der Waals surface area contributed by atoms with Crippen LogP contribution in [0.3, 0.4) is 0 Å². The van der Waals surface area contributed by atoms with E-state index in [4.69, 9.17) is 20.9 Å². The van der Waals surface area contributed by atoms with Gasteiger partial charge in [-0.15, -0.1) is 0 Å². The van der Waals surface area contributed by atoms with Gasteiger partial charge >= 0.3 is 5.97 Å². The van der Waals surface area contributed by atoms with Crippen molar-refractivity contribution in [3.8, 4) is 5.75 Å². The van der Waals surface area contributed by atoms with Crippen LogP contribution in [-0.4, -0.2) is 54.6 Å². The number of methoxy groups -OCH3 is 1. The predicted octanol–water partition coefficient (Wildman–Crippen LogP) is 1.32. The topological polar surface area (TPSA) is 133 Å². The number of aromatic carboxylic acids is 1. The number of fused-ring (bicyclic) bond motifs is 2. The Labute approximate surface area is 177 Å². The highest BCUT2D eigenvalue weighted by atomic mass is 19.1. The van der Waals surface area contributed by atoms with Crippen molar-refractivity contribution in [2.24, 2.45) is 11.7 Å². The Balaban J connectivity index is 1.78. The smallest absolute Gasteiger partial charge is 0.344 e. The number of aromatic nitrogens is 1. The summed E-state index contributed by atoms with van der Waals surface area (Å²) < 4.78 is 28.3. The van der Waals surface area contributed by atoms with Crippen LogP contribution >= 0.6 is 0 Å². The van der Waals surface area contributed by atoms with Crippen molar-refractivity contribution >= 4 is 28.2 Å². The Bertz CT molecular complexity index is 1160. The van der Waals surface area contributed by atoms with Crippen LogP contribution in [0.5, 0.6) is 5.75 Å². The van der Waals surface area contributed by atoms with Crippen molar-refractivity contribution in [1.82, 2.24) is 4.57 Å². The van der Waals surface area contributed by atoms with Crippen molar-refractivity contribution in [1.29, 1.82) is 0 Å². The normalized spacial score (nSPS) is 25.3. The van der Waals surface area contributed by atoms with Crippen LogP contribution in [0.2, 0.25) is 0 Å². The van der Waals surface area contributed by atoms with Gasteiger partial charge in [0.2, 0.25) is 11.4 Å². The van der Waals surface area contributed by atoms with Gasteiger partial charge in [0, 0.05) is 43.9 Å². The summed E-state index contributed by atoms with van der Waals surface area (Å²) in [5.74, 6) is -2.13. The van der Waals surface area contributed by atoms with Crippen LogP contribution in [-0.2, 0) is 4.74 Å². The Hall–Kier alpha value is -2.85. The standard InChI is InChI=1S/C21H25FN4O5/c1-30-18-13(25-7-10-4-5-31-21(10,8-23)9-25)6-12(24)14-16(18)26(11-2-3-11)19(22)15(17(14)27)20(28)29/h6,10-11H,2-5,7-9,23-24H2,1H3,(H,28,29). The number of hydrogen-bond donors (Lipinski definition) is 3. The molecule has 2 atom stereocenters. The van der Waals surface area contributed by atoms with E-state index in [2.05, 4.69) is 4.90 Å². The van der Waals surface area contributed by atoms with Crippen LogP contribution in [0.25, 0.3) is 10.9 Å². The lowest BCUT2D eigenvalue weighted by Crippen LogP contribution is -2.44. The molecule has 1 aromatic carbocycles. The van der Waals surface area contributed by atoms with Crippen LogP contribution in [0.1, 0.15) is 35.7 Å². The van der Waals surface area contributed by atoms with Gasteiger partial charge in [0.15, 0.2) is 11.3 Å². The molecule has 3 heterocycles. The Morgan fingerprint density at radius 3 is 2.74 bits per heavy atom. The molecule has 5 rings (SSSR count). The molecule has 2 saturated heterocycles. The van der Waals surface area contributed by atoms with Crippen molar-refractivity contribution in [2.45, 2.75) is 30.9 Å². The molecule has 2 aliphatic heterocycles. The molecule has 2 aromatic rings. The fourth-order valence-electron chi connectivity index (χ4n) is 5.20. The van der Waals surface area contributed by atoms with Gasteiger partial charge in [-0.1, -0.05) is 0 Å². The van der Waals surface area contributed by atoms with E-state index >= 15 is 4.39 Å². The Morgan fingerprint density at radius 2 is 2.16 bits per heavy atom. The van der Waals surface area contributed by atoms with Crippen molar-refractivity contribution in [3.05, 3.63) is 27.8 Å². The average Bonchev–Trinajstić information content (AvgIpc) is 3.36. The molecule has 1 aromatic heterocycles. The first-order valence-electron chi connectivity index (χ1n) is 10.4. The molecular formula is C21H25FN4O5. The molecule has 1 aliphatic carbocycles. The monoisotopic (exact) mass is 432 g/mol. The summed E-state index contributed by atoms with van der Waals surface area (Å²) in [6, 6.07) is 1.36. The van der Waals surface area contributed by atoms with E-state index < -0.39 is 28.5 Å². The maximum absolute atomic E-state index is 15.3. The molecule has 9 nitrogen and oxygen atoms in total. The number of carboxylic acids is 1. The van der Waals surface area contributed by atoms with Crippen LogP contribution < -0.4 is 26.5 Å². The third-order valence-electron chi connectivity index (χ3n) is 6.89. The second-order valence-corrected chi connectivity index (χ2v) is 8.63. The van der Waals surface area contributed by atoms with Gasteiger partial charge in [0.1, 0.15) is 11.1 Å². The number of nitrogens with zero attached hydrogens (tertiary/aromatic N) is 2. The SMILES string of the molecule is COc1c(N2CC3CCOC3(CN)C2)cc(N)c2c(=O)c(C(=O)O)c(F)n(C3CC3)c12. The zero-order valence-corrected chi connectivity index (χ0v) is 17.2. The highest BCUT2D eigenvalue weighted by Crippen LogP contribution is 2.48. The van der Waals surface area contributed by atoms with E-state index in [1.54, 1.807) is 6.07 Å². The maximum atomic E-state index is 15.3.